The number of carboxylic acid groups (broad SMARTS) is 1. The molecule has 2 N–H and O–H groups in total. The first-order valence-electron chi connectivity index (χ1n) is 5.95. The van der Waals surface area contributed by atoms with Gasteiger partial charge < -0.3 is 15.3 Å². The summed E-state index contributed by atoms with van der Waals surface area (Å²) < 4.78 is 0. The number of carbonyl (C=O) groups is 2. The predicted molar refractivity (Wildman–Crippen MR) is 74.9 cm³/mol. The monoisotopic (exact) mass is 295 g/mol. The van der Waals surface area contributed by atoms with Crippen LogP contribution in [0, 0.1) is 11.3 Å². The van der Waals surface area contributed by atoms with Crippen LogP contribution in [0.4, 0.5) is 10.5 Å². The van der Waals surface area contributed by atoms with Gasteiger partial charge in [-0.1, -0.05) is 11.6 Å². The zero-order valence-corrected chi connectivity index (χ0v) is 11.6. The molecule has 2 amide bonds. The van der Waals surface area contributed by atoms with Gasteiger partial charge in [0, 0.05) is 18.8 Å². The third-order valence-electron chi connectivity index (χ3n) is 2.61. The van der Waals surface area contributed by atoms with E-state index >= 15 is 0 Å². The highest BCUT2D eigenvalue weighted by atomic mass is 35.5. The zero-order valence-electron chi connectivity index (χ0n) is 10.9. The fourth-order valence-electron chi connectivity index (χ4n) is 1.56. The number of anilines is 1. The molecule has 0 aliphatic carbocycles. The van der Waals surface area contributed by atoms with Crippen LogP contribution in [-0.2, 0) is 0 Å². The first-order chi connectivity index (χ1) is 9.49. The highest BCUT2D eigenvalue weighted by molar-refractivity contribution is 6.33. The van der Waals surface area contributed by atoms with Crippen molar-refractivity contribution in [3.8, 4) is 6.07 Å². The number of nitrogens with one attached hydrogen (secondary N) is 1. The van der Waals surface area contributed by atoms with Crippen molar-refractivity contribution in [1.29, 1.82) is 5.26 Å². The van der Waals surface area contributed by atoms with Crippen LogP contribution in [-0.4, -0.2) is 35.1 Å². The van der Waals surface area contributed by atoms with Gasteiger partial charge in [-0.25, -0.2) is 9.59 Å². The van der Waals surface area contributed by atoms with Crippen molar-refractivity contribution in [2.45, 2.75) is 13.3 Å². The largest absolute Gasteiger partial charge is 0.478 e. The summed E-state index contributed by atoms with van der Waals surface area (Å²) in [5, 5.41) is 20.2. The number of carbonyl (C=O) groups excluding carboxylic acids is 1. The molecule has 1 aromatic carbocycles. The molecule has 0 heterocycles. The molecule has 0 aliphatic heterocycles. The average molecular weight is 296 g/mol. The lowest BCUT2D eigenvalue weighted by atomic mass is 10.2. The Labute approximate surface area is 121 Å². The Morgan fingerprint density at radius 3 is 2.75 bits per heavy atom. The third kappa shape index (κ3) is 4.14. The second-order valence-corrected chi connectivity index (χ2v) is 4.32. The van der Waals surface area contributed by atoms with Crippen molar-refractivity contribution in [3.05, 3.63) is 28.8 Å². The van der Waals surface area contributed by atoms with Crippen LogP contribution in [0.5, 0.6) is 0 Å². The highest BCUT2D eigenvalue weighted by Gasteiger charge is 2.14. The molecule has 1 aromatic rings. The standard InChI is InChI=1S/C13H14ClN3O3/c1-2-17(7-3-6-15)13(20)16-9-4-5-11(14)10(8-9)12(18)19/h4-5,8H,2-3,7H2,1H3,(H,16,20)(H,18,19). The van der Waals surface area contributed by atoms with Crippen LogP contribution in [0.1, 0.15) is 23.7 Å². The summed E-state index contributed by atoms with van der Waals surface area (Å²) >= 11 is 5.75. The molecule has 0 radical (unpaired) electrons. The van der Waals surface area contributed by atoms with Crippen molar-refractivity contribution >= 4 is 29.3 Å². The Kier molecular flexibility index (Phi) is 5.81. The lowest BCUT2D eigenvalue weighted by Gasteiger charge is -2.20. The number of nitriles is 1. The number of hydrogen-bond donors (Lipinski definition) is 2. The summed E-state index contributed by atoms with van der Waals surface area (Å²) in [7, 11) is 0. The molecule has 7 heteroatoms. The van der Waals surface area contributed by atoms with E-state index in [4.69, 9.17) is 22.0 Å². The predicted octanol–water partition coefficient (Wildman–Crippen LogP) is 2.81. The van der Waals surface area contributed by atoms with Crippen LogP contribution in [0.25, 0.3) is 0 Å². The van der Waals surface area contributed by atoms with Gasteiger partial charge in [-0.05, 0) is 25.1 Å². The molecule has 0 aliphatic rings. The summed E-state index contributed by atoms with van der Waals surface area (Å²) in [5.41, 5.74) is 0.261. The van der Waals surface area contributed by atoms with Gasteiger partial charge in [-0.2, -0.15) is 5.26 Å². The van der Waals surface area contributed by atoms with Crippen molar-refractivity contribution in [1.82, 2.24) is 4.90 Å². The molecule has 6 nitrogen and oxygen atoms in total. The first-order valence-corrected chi connectivity index (χ1v) is 6.33. The Hall–Kier alpha value is -2.26. The molecule has 0 bridgehead atoms. The molecule has 1 rings (SSSR count). The minimum absolute atomic E-state index is 0.0791. The number of urea groups is 1. The lowest BCUT2D eigenvalue weighted by Crippen LogP contribution is -2.35. The molecule has 0 unspecified atom stereocenters. The molecular formula is C13H14ClN3O3. The van der Waals surface area contributed by atoms with Crippen molar-refractivity contribution in [2.24, 2.45) is 0 Å². The van der Waals surface area contributed by atoms with Gasteiger partial charge in [-0.15, -0.1) is 0 Å². The number of aromatic carboxylic acids is 1. The maximum Gasteiger partial charge on any atom is 0.337 e. The van der Waals surface area contributed by atoms with E-state index in [2.05, 4.69) is 5.32 Å². The minimum Gasteiger partial charge on any atom is -0.478 e. The molecule has 0 saturated carbocycles. The van der Waals surface area contributed by atoms with Crippen molar-refractivity contribution < 1.29 is 14.7 Å². The zero-order chi connectivity index (χ0) is 15.1. The number of halogens is 1. The second kappa shape index (κ2) is 7.36. The third-order valence-corrected chi connectivity index (χ3v) is 2.94. The normalized spacial score (nSPS) is 9.65. The van der Waals surface area contributed by atoms with E-state index in [0.717, 1.165) is 0 Å². The molecular weight excluding hydrogens is 282 g/mol. The quantitative estimate of drug-likeness (QED) is 0.873. The molecule has 0 spiro atoms. The van der Waals surface area contributed by atoms with E-state index in [-0.39, 0.29) is 23.0 Å². The number of rotatable bonds is 5. The summed E-state index contributed by atoms with van der Waals surface area (Å²) in [6.45, 7) is 2.56. The fraction of sp³-hybridized carbons (Fsp3) is 0.308. The van der Waals surface area contributed by atoms with Crippen LogP contribution in [0.15, 0.2) is 18.2 Å². The van der Waals surface area contributed by atoms with E-state index in [1.807, 2.05) is 6.07 Å². The fourth-order valence-corrected chi connectivity index (χ4v) is 1.76. The number of hydrogen-bond acceptors (Lipinski definition) is 3. The van der Waals surface area contributed by atoms with E-state index in [1.54, 1.807) is 6.92 Å². The maximum absolute atomic E-state index is 11.9. The Balaban J connectivity index is 2.82. The maximum atomic E-state index is 11.9. The number of nitrogens with zero attached hydrogens (tertiary/aromatic N) is 2. The number of benzene rings is 1. The summed E-state index contributed by atoms with van der Waals surface area (Å²) in [4.78, 5) is 24.3. The second-order valence-electron chi connectivity index (χ2n) is 3.92. The lowest BCUT2D eigenvalue weighted by molar-refractivity contribution is 0.0697. The Bertz CT molecular complexity index is 554. The SMILES string of the molecule is CCN(CCC#N)C(=O)Nc1ccc(Cl)c(C(=O)O)c1. The molecule has 0 fully saturated rings. The average Bonchev–Trinajstić information content (AvgIpc) is 2.41. The summed E-state index contributed by atoms with van der Waals surface area (Å²) in [6, 6.07) is 5.80. The van der Waals surface area contributed by atoms with E-state index < -0.39 is 5.97 Å². The molecule has 0 saturated heterocycles. The number of amides is 2. The Morgan fingerprint density at radius 1 is 1.50 bits per heavy atom. The van der Waals surface area contributed by atoms with Crippen LogP contribution < -0.4 is 5.32 Å². The topological polar surface area (TPSA) is 93.4 Å². The smallest absolute Gasteiger partial charge is 0.337 e. The van der Waals surface area contributed by atoms with Gasteiger partial charge in [0.15, 0.2) is 0 Å². The highest BCUT2D eigenvalue weighted by Crippen LogP contribution is 2.20. The molecule has 0 aromatic heterocycles. The van der Waals surface area contributed by atoms with Gasteiger partial charge in [0.1, 0.15) is 0 Å². The van der Waals surface area contributed by atoms with Crippen molar-refractivity contribution in [2.75, 3.05) is 18.4 Å². The van der Waals surface area contributed by atoms with Gasteiger partial charge >= 0.3 is 12.0 Å². The Morgan fingerprint density at radius 2 is 2.20 bits per heavy atom. The van der Waals surface area contributed by atoms with Gasteiger partial charge in [0.2, 0.25) is 0 Å². The van der Waals surface area contributed by atoms with Crippen LogP contribution in [0.3, 0.4) is 0 Å². The van der Waals surface area contributed by atoms with Gasteiger partial charge in [0.25, 0.3) is 0 Å². The molecule has 0 atom stereocenters. The summed E-state index contributed by atoms with van der Waals surface area (Å²) in [6.07, 6.45) is 0.238. The molecule has 20 heavy (non-hydrogen) atoms. The van der Waals surface area contributed by atoms with Gasteiger partial charge in [0.05, 0.1) is 23.1 Å². The van der Waals surface area contributed by atoms with E-state index in [0.29, 0.717) is 18.8 Å². The van der Waals surface area contributed by atoms with E-state index in [1.165, 1.54) is 23.1 Å². The van der Waals surface area contributed by atoms with Crippen molar-refractivity contribution in [3.63, 3.8) is 0 Å². The first kappa shape index (κ1) is 15.8. The minimum atomic E-state index is -1.16. The van der Waals surface area contributed by atoms with Gasteiger partial charge in [-0.3, -0.25) is 0 Å². The van der Waals surface area contributed by atoms with E-state index in [9.17, 15) is 9.59 Å². The van der Waals surface area contributed by atoms with Crippen LogP contribution >= 0.6 is 11.6 Å². The summed E-state index contributed by atoms with van der Waals surface area (Å²) in [5.74, 6) is -1.16. The molecule has 106 valence electrons. The van der Waals surface area contributed by atoms with Crippen LogP contribution in [0.2, 0.25) is 5.02 Å². The number of carboxylic acids is 1.